The number of alkyl carbamates (subject to hydrolysis) is 1. The van der Waals surface area contributed by atoms with Crippen LogP contribution in [0.5, 0.6) is 11.5 Å². The van der Waals surface area contributed by atoms with Gasteiger partial charge in [0.1, 0.15) is 22.8 Å². The van der Waals surface area contributed by atoms with E-state index in [1.54, 1.807) is 30.3 Å². The van der Waals surface area contributed by atoms with E-state index in [0.29, 0.717) is 46.2 Å². The summed E-state index contributed by atoms with van der Waals surface area (Å²) in [6, 6.07) is 12.3. The van der Waals surface area contributed by atoms with Crippen LogP contribution in [0.2, 0.25) is 5.02 Å². The van der Waals surface area contributed by atoms with Gasteiger partial charge in [0.25, 0.3) is 5.91 Å². The topological polar surface area (TPSA) is 120 Å². The largest absolute Gasteiger partial charge is 0.457 e. The van der Waals surface area contributed by atoms with Crippen LogP contribution in [0.15, 0.2) is 42.5 Å². The molecule has 3 rings (SSSR count). The molecule has 0 radical (unpaired) electrons. The number of H-pyrrole nitrogens is 1. The molecule has 0 aliphatic heterocycles. The monoisotopic (exact) mass is 499 g/mol. The number of nitrogens with zero attached hydrogens (tertiary/aromatic N) is 1. The number of carbonyl (C=O) groups excluding carboxylic acids is 2. The number of fused-ring (bicyclic) bond motifs is 1. The van der Waals surface area contributed by atoms with Crippen molar-refractivity contribution < 1.29 is 19.1 Å². The zero-order chi connectivity index (χ0) is 25.8. The van der Waals surface area contributed by atoms with Crippen LogP contribution < -0.4 is 15.4 Å². The van der Waals surface area contributed by atoms with Gasteiger partial charge in [0, 0.05) is 37.7 Å². The number of amides is 2. The molecule has 35 heavy (non-hydrogen) atoms. The van der Waals surface area contributed by atoms with Crippen LogP contribution in [0.4, 0.5) is 4.79 Å². The highest BCUT2D eigenvalue weighted by atomic mass is 35.5. The minimum absolute atomic E-state index is 0.0102. The zero-order valence-corrected chi connectivity index (χ0v) is 21.2. The molecule has 0 fully saturated rings. The maximum absolute atomic E-state index is 12.7. The van der Waals surface area contributed by atoms with E-state index in [1.807, 2.05) is 39.8 Å². The molecule has 4 N–H and O–H groups in total. The Bertz CT molecular complexity index is 1230. The fourth-order valence-corrected chi connectivity index (χ4v) is 3.47. The second kappa shape index (κ2) is 10.7. The molecule has 0 unspecified atom stereocenters. The van der Waals surface area contributed by atoms with E-state index >= 15 is 0 Å². The van der Waals surface area contributed by atoms with Crippen molar-refractivity contribution in [2.24, 2.45) is 0 Å². The lowest BCUT2D eigenvalue weighted by molar-refractivity contribution is 0.0523. The molecule has 1 aromatic heterocycles. The number of carbonyl (C=O) groups is 2. The number of hydrogen-bond acceptors (Lipinski definition) is 5. The quantitative estimate of drug-likeness (QED) is 0.272. The van der Waals surface area contributed by atoms with Gasteiger partial charge in [0.05, 0.1) is 10.5 Å². The number of rotatable bonds is 6. The van der Waals surface area contributed by atoms with Gasteiger partial charge in [-0.15, -0.1) is 0 Å². The molecule has 0 spiro atoms. The van der Waals surface area contributed by atoms with Crippen molar-refractivity contribution in [3.05, 3.63) is 58.7 Å². The van der Waals surface area contributed by atoms with Gasteiger partial charge < -0.3 is 25.1 Å². The Morgan fingerprint density at radius 1 is 1.09 bits per heavy atom. The summed E-state index contributed by atoms with van der Waals surface area (Å²) < 4.78 is 11.2. The summed E-state index contributed by atoms with van der Waals surface area (Å²) in [7, 11) is 1.53. The molecule has 10 heteroatoms. The highest BCUT2D eigenvalue weighted by molar-refractivity contribution is 6.35. The summed E-state index contributed by atoms with van der Waals surface area (Å²) in [5.41, 5.74) is 1.28. The SMILES string of the molecule is CCNC(=N)N(C)C(=O)c1cc2c(Cl)cc(Oc3ccc(CNC(=O)OC(C)(C)C)cc3)cc2[nH]1. The van der Waals surface area contributed by atoms with Crippen molar-refractivity contribution in [3.8, 4) is 11.5 Å². The molecule has 9 nitrogen and oxygen atoms in total. The standard InChI is InChI=1S/C25H30ClN5O4/c1-6-28-23(27)31(5)22(32)21-13-18-19(26)11-17(12-20(18)30-21)34-16-9-7-15(8-10-16)14-29-24(33)35-25(2,3)4/h7-13,30H,6,14H2,1-5H3,(H2,27,28)(H,29,33). The Morgan fingerprint density at radius 2 is 1.77 bits per heavy atom. The number of aromatic nitrogens is 1. The van der Waals surface area contributed by atoms with E-state index in [-0.39, 0.29) is 11.9 Å². The summed E-state index contributed by atoms with van der Waals surface area (Å²) in [4.78, 5) is 28.8. The number of benzene rings is 2. The number of aromatic amines is 1. The average Bonchev–Trinajstić information content (AvgIpc) is 3.21. The third-order valence-electron chi connectivity index (χ3n) is 4.87. The Morgan fingerprint density at radius 3 is 2.40 bits per heavy atom. The fraction of sp³-hybridized carbons (Fsp3) is 0.320. The first-order chi connectivity index (χ1) is 16.5. The van der Waals surface area contributed by atoms with Crippen LogP contribution in [0.3, 0.4) is 0 Å². The van der Waals surface area contributed by atoms with Gasteiger partial charge in [0.2, 0.25) is 0 Å². The summed E-state index contributed by atoms with van der Waals surface area (Å²) in [5, 5.41) is 14.5. The van der Waals surface area contributed by atoms with Crippen molar-refractivity contribution in [1.82, 2.24) is 20.5 Å². The second-order valence-electron chi connectivity index (χ2n) is 8.89. The lowest BCUT2D eigenvalue weighted by Gasteiger charge is -2.19. The fourth-order valence-electron chi connectivity index (χ4n) is 3.21. The Hall–Kier alpha value is -3.72. The molecular weight excluding hydrogens is 470 g/mol. The molecule has 2 aromatic carbocycles. The molecule has 1 heterocycles. The van der Waals surface area contributed by atoms with Crippen molar-refractivity contribution in [2.75, 3.05) is 13.6 Å². The van der Waals surface area contributed by atoms with E-state index < -0.39 is 11.7 Å². The minimum atomic E-state index is -0.553. The molecule has 3 aromatic rings. The van der Waals surface area contributed by atoms with Crippen LogP contribution in [-0.2, 0) is 11.3 Å². The van der Waals surface area contributed by atoms with Crippen LogP contribution >= 0.6 is 11.6 Å². The van der Waals surface area contributed by atoms with Crippen LogP contribution in [-0.4, -0.2) is 47.0 Å². The number of nitrogens with one attached hydrogen (secondary N) is 4. The van der Waals surface area contributed by atoms with Gasteiger partial charge in [0.15, 0.2) is 5.96 Å². The minimum Gasteiger partial charge on any atom is -0.457 e. The Balaban J connectivity index is 1.69. The number of hydrogen-bond donors (Lipinski definition) is 4. The second-order valence-corrected chi connectivity index (χ2v) is 9.30. The molecular formula is C25H30ClN5O4. The normalized spacial score (nSPS) is 11.1. The summed E-state index contributed by atoms with van der Waals surface area (Å²) >= 11 is 6.45. The third-order valence-corrected chi connectivity index (χ3v) is 5.18. The lowest BCUT2D eigenvalue weighted by atomic mass is 10.2. The molecule has 0 saturated heterocycles. The first-order valence-corrected chi connectivity index (χ1v) is 11.5. The average molecular weight is 500 g/mol. The van der Waals surface area contributed by atoms with Gasteiger partial charge in [-0.1, -0.05) is 23.7 Å². The molecule has 186 valence electrons. The smallest absolute Gasteiger partial charge is 0.407 e. The highest BCUT2D eigenvalue weighted by Gasteiger charge is 2.19. The number of halogens is 1. The molecule has 0 aliphatic carbocycles. The maximum atomic E-state index is 12.7. The van der Waals surface area contributed by atoms with Crippen molar-refractivity contribution in [2.45, 2.75) is 39.8 Å². The molecule has 0 saturated carbocycles. The Labute approximate surface area is 209 Å². The van der Waals surface area contributed by atoms with Gasteiger partial charge in [-0.2, -0.15) is 0 Å². The van der Waals surface area contributed by atoms with Crippen molar-refractivity contribution in [1.29, 1.82) is 5.41 Å². The van der Waals surface area contributed by atoms with Crippen LogP contribution in [0.1, 0.15) is 43.7 Å². The Kier molecular flexibility index (Phi) is 7.91. The van der Waals surface area contributed by atoms with Crippen LogP contribution in [0.25, 0.3) is 10.9 Å². The molecule has 0 bridgehead atoms. The first-order valence-electron chi connectivity index (χ1n) is 11.1. The highest BCUT2D eigenvalue weighted by Crippen LogP contribution is 2.32. The van der Waals surface area contributed by atoms with Crippen molar-refractivity contribution >= 4 is 40.5 Å². The third kappa shape index (κ3) is 6.89. The van der Waals surface area contributed by atoms with E-state index in [2.05, 4.69) is 15.6 Å². The van der Waals surface area contributed by atoms with E-state index in [4.69, 9.17) is 26.5 Å². The predicted molar refractivity (Wildman–Crippen MR) is 136 cm³/mol. The first kappa shape index (κ1) is 25.9. The number of ether oxygens (including phenoxy) is 2. The summed E-state index contributed by atoms with van der Waals surface area (Å²) in [6.45, 7) is 8.14. The van der Waals surface area contributed by atoms with Gasteiger partial charge in [-0.3, -0.25) is 15.1 Å². The summed E-state index contributed by atoms with van der Waals surface area (Å²) in [5.74, 6) is 0.733. The van der Waals surface area contributed by atoms with Gasteiger partial charge >= 0.3 is 6.09 Å². The molecule has 0 aliphatic rings. The maximum Gasteiger partial charge on any atom is 0.407 e. The predicted octanol–water partition coefficient (Wildman–Crippen LogP) is 5.25. The van der Waals surface area contributed by atoms with Crippen LogP contribution in [0, 0.1) is 5.41 Å². The molecule has 0 atom stereocenters. The van der Waals surface area contributed by atoms with Crippen molar-refractivity contribution in [3.63, 3.8) is 0 Å². The number of guanidine groups is 1. The zero-order valence-electron chi connectivity index (χ0n) is 20.4. The molecule has 2 amide bonds. The summed E-state index contributed by atoms with van der Waals surface area (Å²) in [6.07, 6.45) is -0.478. The van der Waals surface area contributed by atoms with Gasteiger partial charge in [-0.05, 0) is 51.5 Å². The van der Waals surface area contributed by atoms with Gasteiger partial charge in [-0.25, -0.2) is 4.79 Å². The van der Waals surface area contributed by atoms with E-state index in [0.717, 1.165) is 5.56 Å². The van der Waals surface area contributed by atoms with E-state index in [9.17, 15) is 9.59 Å². The lowest BCUT2D eigenvalue weighted by Crippen LogP contribution is -2.41. The van der Waals surface area contributed by atoms with E-state index in [1.165, 1.54) is 11.9 Å².